The summed E-state index contributed by atoms with van der Waals surface area (Å²) in [4.78, 5) is 17.2. The molecule has 0 N–H and O–H groups in total. The van der Waals surface area contributed by atoms with Crippen LogP contribution >= 0.6 is 22.7 Å². The molecule has 5 heterocycles. The van der Waals surface area contributed by atoms with Crippen LogP contribution in [0.15, 0.2) is 41.6 Å². The van der Waals surface area contributed by atoms with Crippen LogP contribution < -0.4 is 4.90 Å². The lowest BCUT2D eigenvalue weighted by Gasteiger charge is -2.27. The van der Waals surface area contributed by atoms with E-state index in [1.165, 1.54) is 0 Å². The molecule has 9 heteroatoms. The molecular formula is C16H13N7S2. The van der Waals surface area contributed by atoms with Gasteiger partial charge in [-0.15, -0.1) is 32.9 Å². The van der Waals surface area contributed by atoms with Crippen LogP contribution in [0, 0.1) is 0 Å². The zero-order chi connectivity index (χ0) is 16.6. The molecule has 0 radical (unpaired) electrons. The molecular weight excluding hydrogens is 354 g/mol. The second-order valence-corrected chi connectivity index (χ2v) is 7.45. The van der Waals surface area contributed by atoms with E-state index in [2.05, 4.69) is 41.1 Å². The highest BCUT2D eigenvalue weighted by atomic mass is 32.1. The molecule has 1 aliphatic heterocycles. The van der Waals surface area contributed by atoms with Crippen molar-refractivity contribution in [3.05, 3.63) is 47.4 Å². The zero-order valence-electron chi connectivity index (χ0n) is 13.1. The largest absolute Gasteiger partial charge is 0.331 e. The fourth-order valence-corrected chi connectivity index (χ4v) is 4.25. The molecule has 25 heavy (non-hydrogen) atoms. The van der Waals surface area contributed by atoms with Gasteiger partial charge in [-0.05, 0) is 11.4 Å². The van der Waals surface area contributed by atoms with E-state index in [0.717, 1.165) is 40.1 Å². The van der Waals surface area contributed by atoms with Crippen molar-refractivity contribution < 1.29 is 0 Å². The Morgan fingerprint density at radius 1 is 1.08 bits per heavy atom. The van der Waals surface area contributed by atoms with Crippen molar-refractivity contribution in [3.63, 3.8) is 0 Å². The number of aromatic nitrogens is 6. The minimum atomic E-state index is 0.662. The van der Waals surface area contributed by atoms with Crippen LogP contribution in [0.2, 0.25) is 0 Å². The van der Waals surface area contributed by atoms with E-state index in [-0.39, 0.29) is 0 Å². The topological polar surface area (TPSA) is 72.6 Å². The molecule has 4 aromatic rings. The van der Waals surface area contributed by atoms with Crippen LogP contribution in [0.1, 0.15) is 5.82 Å². The molecule has 7 nitrogen and oxygen atoms in total. The predicted molar refractivity (Wildman–Crippen MR) is 97.5 cm³/mol. The van der Waals surface area contributed by atoms with Gasteiger partial charge in [-0.3, -0.25) is 0 Å². The number of thiophene rings is 1. The van der Waals surface area contributed by atoms with Crippen LogP contribution in [0.5, 0.6) is 0 Å². The molecule has 0 aromatic carbocycles. The first-order valence-corrected chi connectivity index (χ1v) is 9.57. The standard InChI is InChI=1S/C16H13N7S2/c1-2-12(24-6-1)11-8-18-16(20-14(11)15-17-3-7-25-15)22-4-5-23-10-19-21-13(23)9-22/h1-3,6-8,10H,4-5,9H2. The van der Waals surface area contributed by atoms with Gasteiger partial charge in [0.15, 0.2) is 5.82 Å². The first-order valence-electron chi connectivity index (χ1n) is 7.81. The Bertz CT molecular complexity index is 992. The van der Waals surface area contributed by atoms with Crippen molar-refractivity contribution in [1.82, 2.24) is 29.7 Å². The normalized spacial score (nSPS) is 13.8. The third-order valence-corrected chi connectivity index (χ3v) is 5.80. The monoisotopic (exact) mass is 367 g/mol. The molecule has 0 fully saturated rings. The van der Waals surface area contributed by atoms with E-state index in [0.29, 0.717) is 12.5 Å². The number of hydrogen-bond acceptors (Lipinski definition) is 8. The van der Waals surface area contributed by atoms with Gasteiger partial charge in [0.2, 0.25) is 5.95 Å². The van der Waals surface area contributed by atoms with Crippen molar-refractivity contribution >= 4 is 28.6 Å². The van der Waals surface area contributed by atoms with E-state index >= 15 is 0 Å². The lowest BCUT2D eigenvalue weighted by Crippen LogP contribution is -2.34. The Balaban J connectivity index is 1.57. The summed E-state index contributed by atoms with van der Waals surface area (Å²) in [6, 6.07) is 4.13. The van der Waals surface area contributed by atoms with Crippen molar-refractivity contribution in [2.24, 2.45) is 0 Å². The summed E-state index contributed by atoms with van der Waals surface area (Å²) in [5, 5.41) is 13.1. The fourth-order valence-electron chi connectivity index (χ4n) is 2.88. The third kappa shape index (κ3) is 2.61. The Kier molecular flexibility index (Phi) is 3.53. The van der Waals surface area contributed by atoms with Crippen LogP contribution in [-0.4, -0.2) is 36.3 Å². The number of fused-ring (bicyclic) bond motifs is 1. The summed E-state index contributed by atoms with van der Waals surface area (Å²) in [6.07, 6.45) is 5.49. The van der Waals surface area contributed by atoms with Gasteiger partial charge in [0.1, 0.15) is 17.0 Å². The average molecular weight is 367 g/mol. The van der Waals surface area contributed by atoms with Crippen molar-refractivity contribution in [2.75, 3.05) is 11.4 Å². The smallest absolute Gasteiger partial charge is 0.226 e. The fraction of sp³-hybridized carbons (Fsp3) is 0.188. The molecule has 1 aliphatic rings. The molecule has 0 atom stereocenters. The number of rotatable bonds is 3. The summed E-state index contributed by atoms with van der Waals surface area (Å²) in [6.45, 7) is 2.33. The Hall–Kier alpha value is -2.65. The van der Waals surface area contributed by atoms with Crippen LogP contribution in [0.25, 0.3) is 21.1 Å². The minimum Gasteiger partial charge on any atom is -0.331 e. The zero-order valence-corrected chi connectivity index (χ0v) is 14.7. The number of nitrogens with zero attached hydrogens (tertiary/aromatic N) is 7. The third-order valence-electron chi connectivity index (χ3n) is 4.12. The maximum absolute atomic E-state index is 4.86. The molecule has 0 spiro atoms. The van der Waals surface area contributed by atoms with Crippen LogP contribution in [0.3, 0.4) is 0 Å². The SMILES string of the molecule is c1csc(-c2cnc(N3CCn4cnnc4C3)nc2-c2nccs2)c1. The second kappa shape index (κ2) is 6.01. The molecule has 5 rings (SSSR count). The van der Waals surface area contributed by atoms with Gasteiger partial charge in [-0.25, -0.2) is 15.0 Å². The molecule has 4 aromatic heterocycles. The highest BCUT2D eigenvalue weighted by molar-refractivity contribution is 7.14. The molecule has 0 saturated carbocycles. The van der Waals surface area contributed by atoms with E-state index in [4.69, 9.17) is 4.98 Å². The van der Waals surface area contributed by atoms with Crippen molar-refractivity contribution in [2.45, 2.75) is 13.1 Å². The summed E-state index contributed by atoms with van der Waals surface area (Å²) in [7, 11) is 0. The van der Waals surface area contributed by atoms with E-state index in [1.807, 2.05) is 23.8 Å². The number of thiazole rings is 1. The van der Waals surface area contributed by atoms with Gasteiger partial charge in [-0.1, -0.05) is 6.07 Å². The lowest BCUT2D eigenvalue weighted by atomic mass is 10.2. The maximum atomic E-state index is 4.86. The molecule has 0 unspecified atom stereocenters. The van der Waals surface area contributed by atoms with Crippen LogP contribution in [-0.2, 0) is 13.1 Å². The molecule has 124 valence electrons. The van der Waals surface area contributed by atoms with Gasteiger partial charge in [0.05, 0.1) is 6.54 Å². The Morgan fingerprint density at radius 2 is 2.08 bits per heavy atom. The van der Waals surface area contributed by atoms with Crippen molar-refractivity contribution in [1.29, 1.82) is 0 Å². The van der Waals surface area contributed by atoms with Crippen LogP contribution in [0.4, 0.5) is 5.95 Å². The first kappa shape index (κ1) is 14.7. The average Bonchev–Trinajstić information content (AvgIpc) is 3.43. The summed E-state index contributed by atoms with van der Waals surface area (Å²) >= 11 is 3.27. The van der Waals surface area contributed by atoms with E-state index in [9.17, 15) is 0 Å². The molecule has 0 aliphatic carbocycles. The second-order valence-electron chi connectivity index (χ2n) is 5.61. The van der Waals surface area contributed by atoms with Gasteiger partial charge in [0, 0.05) is 41.3 Å². The number of hydrogen-bond donors (Lipinski definition) is 0. The highest BCUT2D eigenvalue weighted by Crippen LogP contribution is 2.35. The maximum Gasteiger partial charge on any atom is 0.226 e. The molecule has 0 amide bonds. The predicted octanol–water partition coefficient (Wildman–Crippen LogP) is 2.94. The van der Waals surface area contributed by atoms with Gasteiger partial charge < -0.3 is 9.47 Å². The lowest BCUT2D eigenvalue weighted by molar-refractivity contribution is 0.552. The summed E-state index contributed by atoms with van der Waals surface area (Å²) in [5.41, 5.74) is 1.91. The van der Waals surface area contributed by atoms with Gasteiger partial charge in [-0.2, -0.15) is 0 Å². The summed E-state index contributed by atoms with van der Waals surface area (Å²) in [5.74, 6) is 1.65. The first-order chi connectivity index (χ1) is 12.4. The van der Waals surface area contributed by atoms with E-state index in [1.54, 1.807) is 29.0 Å². The minimum absolute atomic E-state index is 0.662. The summed E-state index contributed by atoms with van der Waals surface area (Å²) < 4.78 is 2.07. The van der Waals surface area contributed by atoms with E-state index < -0.39 is 0 Å². The molecule has 0 saturated heterocycles. The van der Waals surface area contributed by atoms with Crippen molar-refractivity contribution in [3.8, 4) is 21.1 Å². The number of anilines is 1. The van der Waals surface area contributed by atoms with Gasteiger partial charge >= 0.3 is 0 Å². The Morgan fingerprint density at radius 3 is 2.92 bits per heavy atom. The van der Waals surface area contributed by atoms with Gasteiger partial charge in [0.25, 0.3) is 0 Å². The molecule has 0 bridgehead atoms. The Labute approximate surface area is 151 Å². The highest BCUT2D eigenvalue weighted by Gasteiger charge is 2.22. The quantitative estimate of drug-likeness (QED) is 0.554.